The van der Waals surface area contributed by atoms with E-state index >= 15 is 0 Å². The summed E-state index contributed by atoms with van der Waals surface area (Å²) in [5, 5.41) is 2.70. The van der Waals surface area contributed by atoms with E-state index in [0.717, 1.165) is 16.0 Å². The average molecular weight is 346 g/mol. The normalized spacial score (nSPS) is 10.7. The zero-order valence-corrected chi connectivity index (χ0v) is 14.0. The fourth-order valence-corrected chi connectivity index (χ4v) is 3.16. The molecule has 0 bridgehead atoms. The van der Waals surface area contributed by atoms with E-state index in [0.29, 0.717) is 24.5 Å². The number of rotatable bonds is 6. The molecule has 2 heterocycles. The minimum Gasteiger partial charge on any atom is -0.472 e. The molecule has 2 aromatic heterocycles. The van der Waals surface area contributed by atoms with E-state index in [1.54, 1.807) is 23.9 Å². The molecule has 3 rings (SSSR count). The van der Waals surface area contributed by atoms with Gasteiger partial charge in [-0.25, -0.2) is 0 Å². The first kappa shape index (κ1) is 15.8. The first-order valence-electron chi connectivity index (χ1n) is 7.26. The minimum atomic E-state index is 0.0851. The van der Waals surface area contributed by atoms with E-state index < -0.39 is 0 Å². The van der Waals surface area contributed by atoms with Crippen LogP contribution in [0.5, 0.6) is 0 Å². The van der Waals surface area contributed by atoms with E-state index in [1.165, 1.54) is 0 Å². The van der Waals surface area contributed by atoms with Crippen LogP contribution in [0, 0.1) is 0 Å². The Morgan fingerprint density at radius 3 is 2.57 bits per heavy atom. The van der Waals surface area contributed by atoms with E-state index in [9.17, 15) is 4.79 Å². The standard InChI is InChI=1S/C18H16ClNO2S/c19-16-5-3-14(4-6-16)10-18(21)20(11-15-7-8-22-13-15)12-17-2-1-9-23-17/h1-9,13H,10-12H2. The molecule has 0 saturated heterocycles. The summed E-state index contributed by atoms with van der Waals surface area (Å²) in [6.07, 6.45) is 3.67. The summed E-state index contributed by atoms with van der Waals surface area (Å²) in [5.41, 5.74) is 1.95. The highest BCUT2D eigenvalue weighted by Crippen LogP contribution is 2.17. The summed E-state index contributed by atoms with van der Waals surface area (Å²) >= 11 is 7.55. The first-order chi connectivity index (χ1) is 11.2. The van der Waals surface area contributed by atoms with E-state index in [-0.39, 0.29) is 5.91 Å². The fourth-order valence-electron chi connectivity index (χ4n) is 2.31. The lowest BCUT2D eigenvalue weighted by Gasteiger charge is -2.21. The van der Waals surface area contributed by atoms with Crippen molar-refractivity contribution in [2.45, 2.75) is 19.5 Å². The maximum Gasteiger partial charge on any atom is 0.227 e. The van der Waals surface area contributed by atoms with Gasteiger partial charge in [-0.2, -0.15) is 0 Å². The second-order valence-corrected chi connectivity index (χ2v) is 6.73. The van der Waals surface area contributed by atoms with E-state index in [1.807, 2.05) is 52.7 Å². The summed E-state index contributed by atoms with van der Waals surface area (Å²) in [6, 6.07) is 13.3. The molecule has 0 aliphatic carbocycles. The van der Waals surface area contributed by atoms with Gasteiger partial charge in [0, 0.05) is 22.0 Å². The first-order valence-corrected chi connectivity index (χ1v) is 8.52. The number of amides is 1. The van der Waals surface area contributed by atoms with Crippen molar-refractivity contribution < 1.29 is 9.21 Å². The van der Waals surface area contributed by atoms with Crippen molar-refractivity contribution in [3.8, 4) is 0 Å². The van der Waals surface area contributed by atoms with Gasteiger partial charge in [-0.05, 0) is 35.2 Å². The fraction of sp³-hybridized carbons (Fsp3) is 0.167. The summed E-state index contributed by atoms with van der Waals surface area (Å²) in [4.78, 5) is 15.7. The molecular formula is C18H16ClNO2S. The minimum absolute atomic E-state index is 0.0851. The van der Waals surface area contributed by atoms with Crippen LogP contribution in [0.1, 0.15) is 16.0 Å². The zero-order chi connectivity index (χ0) is 16.1. The quantitative estimate of drug-likeness (QED) is 0.645. The van der Waals surface area contributed by atoms with Crippen molar-refractivity contribution in [1.82, 2.24) is 4.90 Å². The van der Waals surface area contributed by atoms with Crippen LogP contribution in [0.15, 0.2) is 64.8 Å². The summed E-state index contributed by atoms with van der Waals surface area (Å²) in [7, 11) is 0. The number of furan rings is 1. The molecule has 3 nitrogen and oxygen atoms in total. The largest absolute Gasteiger partial charge is 0.472 e. The third-order valence-corrected chi connectivity index (χ3v) is 4.61. The van der Waals surface area contributed by atoms with Gasteiger partial charge in [0.25, 0.3) is 0 Å². The van der Waals surface area contributed by atoms with Gasteiger partial charge in [-0.3, -0.25) is 4.79 Å². The van der Waals surface area contributed by atoms with Crippen LogP contribution >= 0.6 is 22.9 Å². The Hall–Kier alpha value is -2.04. The summed E-state index contributed by atoms with van der Waals surface area (Å²) < 4.78 is 5.11. The monoisotopic (exact) mass is 345 g/mol. The molecule has 23 heavy (non-hydrogen) atoms. The van der Waals surface area contributed by atoms with Crippen molar-refractivity contribution >= 4 is 28.8 Å². The topological polar surface area (TPSA) is 33.5 Å². The van der Waals surface area contributed by atoms with Gasteiger partial charge >= 0.3 is 0 Å². The second-order valence-electron chi connectivity index (χ2n) is 5.26. The number of carbonyl (C=O) groups is 1. The van der Waals surface area contributed by atoms with Crippen LogP contribution in [-0.2, 0) is 24.3 Å². The lowest BCUT2D eigenvalue weighted by atomic mass is 10.1. The number of thiophene rings is 1. The van der Waals surface area contributed by atoms with Gasteiger partial charge in [0.1, 0.15) is 0 Å². The van der Waals surface area contributed by atoms with Crippen LogP contribution in [0.3, 0.4) is 0 Å². The highest BCUT2D eigenvalue weighted by Gasteiger charge is 2.16. The number of benzene rings is 1. The maximum absolute atomic E-state index is 12.7. The van der Waals surface area contributed by atoms with Crippen molar-refractivity contribution in [1.29, 1.82) is 0 Å². The van der Waals surface area contributed by atoms with Gasteiger partial charge in [-0.1, -0.05) is 29.8 Å². The summed E-state index contributed by atoms with van der Waals surface area (Å²) in [5.74, 6) is 0.0851. The smallest absolute Gasteiger partial charge is 0.227 e. The van der Waals surface area contributed by atoms with Gasteiger partial charge in [0.2, 0.25) is 5.91 Å². The predicted molar refractivity (Wildman–Crippen MR) is 92.4 cm³/mol. The molecule has 1 aromatic carbocycles. The molecular weight excluding hydrogens is 330 g/mol. The van der Waals surface area contributed by atoms with Gasteiger partial charge < -0.3 is 9.32 Å². The molecule has 1 amide bonds. The third kappa shape index (κ3) is 4.47. The van der Waals surface area contributed by atoms with Gasteiger partial charge in [0.15, 0.2) is 0 Å². The highest BCUT2D eigenvalue weighted by molar-refractivity contribution is 7.09. The molecule has 0 atom stereocenters. The Morgan fingerprint density at radius 1 is 1.09 bits per heavy atom. The Kier molecular flexibility index (Phi) is 5.16. The van der Waals surface area contributed by atoms with Crippen molar-refractivity contribution in [3.05, 3.63) is 81.4 Å². The SMILES string of the molecule is O=C(Cc1ccc(Cl)cc1)N(Cc1ccoc1)Cc1cccs1. The van der Waals surface area contributed by atoms with Crippen molar-refractivity contribution in [2.75, 3.05) is 0 Å². The van der Waals surface area contributed by atoms with Crippen molar-refractivity contribution in [2.24, 2.45) is 0 Å². The van der Waals surface area contributed by atoms with E-state index in [4.69, 9.17) is 16.0 Å². The number of nitrogens with zero attached hydrogens (tertiary/aromatic N) is 1. The lowest BCUT2D eigenvalue weighted by molar-refractivity contribution is -0.131. The molecule has 0 aliphatic rings. The molecule has 0 N–H and O–H groups in total. The maximum atomic E-state index is 12.7. The van der Waals surface area contributed by atoms with Crippen LogP contribution in [0.25, 0.3) is 0 Å². The number of halogens is 1. The van der Waals surface area contributed by atoms with Crippen LogP contribution < -0.4 is 0 Å². The zero-order valence-electron chi connectivity index (χ0n) is 12.4. The Labute approximate surface area is 144 Å². The molecule has 0 radical (unpaired) electrons. The highest BCUT2D eigenvalue weighted by atomic mass is 35.5. The number of hydrogen-bond acceptors (Lipinski definition) is 3. The summed E-state index contributed by atoms with van der Waals surface area (Å²) in [6.45, 7) is 1.15. The van der Waals surface area contributed by atoms with E-state index in [2.05, 4.69) is 0 Å². The van der Waals surface area contributed by atoms with Crippen LogP contribution in [-0.4, -0.2) is 10.8 Å². The Bertz CT molecular complexity index is 700. The average Bonchev–Trinajstić information content (AvgIpc) is 3.22. The predicted octanol–water partition coefficient (Wildman–Crippen LogP) is 4.77. The molecule has 0 spiro atoms. The van der Waals surface area contributed by atoms with Crippen LogP contribution in [0.2, 0.25) is 5.02 Å². The molecule has 118 valence electrons. The van der Waals surface area contributed by atoms with Crippen molar-refractivity contribution in [3.63, 3.8) is 0 Å². The van der Waals surface area contributed by atoms with Crippen LogP contribution in [0.4, 0.5) is 0 Å². The lowest BCUT2D eigenvalue weighted by Crippen LogP contribution is -2.31. The number of carbonyl (C=O) groups excluding carboxylic acids is 1. The second kappa shape index (κ2) is 7.49. The van der Waals surface area contributed by atoms with Gasteiger partial charge in [0.05, 0.1) is 25.5 Å². The molecule has 5 heteroatoms. The molecule has 0 unspecified atom stereocenters. The number of hydrogen-bond donors (Lipinski definition) is 0. The molecule has 0 saturated carbocycles. The molecule has 0 aliphatic heterocycles. The molecule has 0 fully saturated rings. The third-order valence-electron chi connectivity index (χ3n) is 3.50. The van der Waals surface area contributed by atoms with Gasteiger partial charge in [-0.15, -0.1) is 11.3 Å². The molecule has 3 aromatic rings. The Balaban J connectivity index is 1.73. The Morgan fingerprint density at radius 2 is 1.91 bits per heavy atom.